The molecule has 2 aromatic rings. The minimum absolute atomic E-state index is 0.0479. The number of amides is 3. The van der Waals surface area contributed by atoms with Gasteiger partial charge in [0.15, 0.2) is 0 Å². The summed E-state index contributed by atoms with van der Waals surface area (Å²) >= 11 is 0. The summed E-state index contributed by atoms with van der Waals surface area (Å²) in [4.78, 5) is 53.9. The third-order valence-electron chi connectivity index (χ3n) is 8.45. The van der Waals surface area contributed by atoms with Gasteiger partial charge in [0.05, 0.1) is 18.1 Å². The van der Waals surface area contributed by atoms with Crippen LogP contribution in [0.2, 0.25) is 0 Å². The molecule has 11 heteroatoms. The number of benzene rings is 1. The third kappa shape index (κ3) is 7.07. The molecule has 2 fully saturated rings. The van der Waals surface area contributed by atoms with Gasteiger partial charge in [-0.15, -0.1) is 0 Å². The smallest absolute Gasteiger partial charge is 0.410 e. The molecule has 1 saturated heterocycles. The molecule has 2 N–H and O–H groups in total. The molecule has 1 saturated carbocycles. The number of nitrogens with zero attached hydrogens (tertiary/aromatic N) is 6. The first-order valence-electron chi connectivity index (χ1n) is 14.6. The van der Waals surface area contributed by atoms with Crippen molar-refractivity contribution < 1.29 is 19.1 Å². The standard InChI is InChI=1S/C31H45N7O4/c1-23(39)38(22-30(32)12-14-31(15-13-30,35(5)6)24-10-8-7-9-11-24)25-20-33-26(34-21-25)27(40)36-16-18-37(19-17-36)28(41)42-29(2,3)4/h7-11,20-21H,12-19,22,32H2,1-6H3/t30-,31+. The number of carbonyl (C=O) groups is 3. The highest BCUT2D eigenvalue weighted by atomic mass is 16.6. The molecule has 228 valence electrons. The molecule has 1 aromatic carbocycles. The van der Waals surface area contributed by atoms with Gasteiger partial charge in [-0.25, -0.2) is 14.8 Å². The van der Waals surface area contributed by atoms with Gasteiger partial charge >= 0.3 is 6.09 Å². The molecule has 0 radical (unpaired) electrons. The SMILES string of the molecule is CC(=O)N(C[C@]1(N)CC[C@@](c2ccccc2)(N(C)C)CC1)c1cnc(C(=O)N2CCN(C(=O)OC(C)(C)C)CC2)nc1. The number of piperazine rings is 1. The fourth-order valence-corrected chi connectivity index (χ4v) is 5.89. The van der Waals surface area contributed by atoms with E-state index in [9.17, 15) is 14.4 Å². The van der Waals surface area contributed by atoms with Crippen molar-refractivity contribution in [3.05, 3.63) is 54.1 Å². The number of anilines is 1. The minimum Gasteiger partial charge on any atom is -0.444 e. The highest BCUT2D eigenvalue weighted by molar-refractivity contribution is 5.93. The van der Waals surface area contributed by atoms with Crippen molar-refractivity contribution in [3.63, 3.8) is 0 Å². The number of carbonyl (C=O) groups excluding carboxylic acids is 3. The van der Waals surface area contributed by atoms with Crippen molar-refractivity contribution in [2.24, 2.45) is 5.73 Å². The molecule has 4 rings (SSSR count). The number of rotatable bonds is 6. The summed E-state index contributed by atoms with van der Waals surface area (Å²) in [6, 6.07) is 10.5. The predicted molar refractivity (Wildman–Crippen MR) is 161 cm³/mol. The lowest BCUT2D eigenvalue weighted by Gasteiger charge is -2.49. The maximum absolute atomic E-state index is 13.1. The van der Waals surface area contributed by atoms with E-state index >= 15 is 0 Å². The Morgan fingerprint density at radius 1 is 0.929 bits per heavy atom. The van der Waals surface area contributed by atoms with E-state index in [0.717, 1.165) is 25.7 Å². The Bertz CT molecular complexity index is 1240. The Labute approximate surface area is 249 Å². The maximum Gasteiger partial charge on any atom is 0.410 e. The number of hydrogen-bond acceptors (Lipinski definition) is 8. The molecule has 2 aliphatic rings. The Hall–Kier alpha value is -3.57. The van der Waals surface area contributed by atoms with Crippen LogP contribution in [0.4, 0.5) is 10.5 Å². The van der Waals surface area contributed by atoms with Gasteiger partial charge in [0.25, 0.3) is 5.91 Å². The van der Waals surface area contributed by atoms with E-state index in [1.165, 1.54) is 24.9 Å². The van der Waals surface area contributed by atoms with Gasteiger partial charge in [-0.05, 0) is 66.1 Å². The Kier molecular flexibility index (Phi) is 9.22. The molecule has 0 unspecified atom stereocenters. The molecule has 11 nitrogen and oxygen atoms in total. The largest absolute Gasteiger partial charge is 0.444 e. The van der Waals surface area contributed by atoms with Crippen LogP contribution in [0.15, 0.2) is 42.7 Å². The fraction of sp³-hybridized carbons (Fsp3) is 0.581. The van der Waals surface area contributed by atoms with Crippen LogP contribution in [-0.2, 0) is 15.1 Å². The molecule has 1 aliphatic carbocycles. The Morgan fingerprint density at radius 2 is 1.48 bits per heavy atom. The summed E-state index contributed by atoms with van der Waals surface area (Å²) in [6.45, 7) is 8.76. The minimum atomic E-state index is -0.577. The van der Waals surface area contributed by atoms with Crippen LogP contribution in [0.25, 0.3) is 0 Å². The topological polar surface area (TPSA) is 125 Å². The monoisotopic (exact) mass is 579 g/mol. The van der Waals surface area contributed by atoms with E-state index in [1.54, 1.807) is 14.7 Å². The molecule has 2 heterocycles. The van der Waals surface area contributed by atoms with Gasteiger partial charge in [0.1, 0.15) is 5.60 Å². The third-order valence-corrected chi connectivity index (χ3v) is 8.45. The van der Waals surface area contributed by atoms with Crippen LogP contribution in [0.1, 0.15) is 69.6 Å². The van der Waals surface area contributed by atoms with Crippen molar-refractivity contribution in [2.45, 2.75) is 70.1 Å². The highest BCUT2D eigenvalue weighted by Gasteiger charge is 2.44. The molecule has 1 aliphatic heterocycles. The number of hydrogen-bond donors (Lipinski definition) is 1. The lowest BCUT2D eigenvalue weighted by atomic mass is 9.69. The van der Waals surface area contributed by atoms with Crippen molar-refractivity contribution in [1.82, 2.24) is 24.7 Å². The molecule has 0 spiro atoms. The molecule has 0 bridgehead atoms. The summed E-state index contributed by atoms with van der Waals surface area (Å²) in [5, 5.41) is 0. The number of ether oxygens (including phenoxy) is 1. The van der Waals surface area contributed by atoms with E-state index < -0.39 is 11.1 Å². The van der Waals surface area contributed by atoms with Crippen LogP contribution in [0.5, 0.6) is 0 Å². The van der Waals surface area contributed by atoms with E-state index in [-0.39, 0.29) is 29.3 Å². The maximum atomic E-state index is 13.1. The average molecular weight is 580 g/mol. The summed E-state index contributed by atoms with van der Waals surface area (Å²) in [7, 11) is 4.22. The Morgan fingerprint density at radius 3 is 1.98 bits per heavy atom. The van der Waals surface area contributed by atoms with Crippen molar-refractivity contribution >= 4 is 23.6 Å². The normalized spacial score (nSPS) is 23.0. The Balaban J connectivity index is 1.39. The van der Waals surface area contributed by atoms with Gasteiger partial charge in [-0.2, -0.15) is 0 Å². The zero-order chi connectivity index (χ0) is 30.7. The van der Waals surface area contributed by atoms with Crippen LogP contribution in [-0.4, -0.2) is 101 Å². The summed E-state index contributed by atoms with van der Waals surface area (Å²) in [5.41, 5.74) is 7.46. The fourth-order valence-electron chi connectivity index (χ4n) is 5.89. The molecule has 3 amide bonds. The summed E-state index contributed by atoms with van der Waals surface area (Å²) < 4.78 is 5.43. The van der Waals surface area contributed by atoms with Crippen LogP contribution in [0, 0.1) is 0 Å². The molecular formula is C31H45N7O4. The molecule has 42 heavy (non-hydrogen) atoms. The average Bonchev–Trinajstić information content (AvgIpc) is 2.96. The van der Waals surface area contributed by atoms with Crippen LogP contribution in [0.3, 0.4) is 0 Å². The van der Waals surface area contributed by atoms with E-state index in [2.05, 4.69) is 53.2 Å². The quantitative estimate of drug-likeness (QED) is 0.553. The van der Waals surface area contributed by atoms with Gasteiger partial charge in [0, 0.05) is 50.7 Å². The van der Waals surface area contributed by atoms with Gasteiger partial charge in [-0.3, -0.25) is 14.5 Å². The number of aromatic nitrogens is 2. The second-order valence-corrected chi connectivity index (χ2v) is 12.8. The number of nitrogens with two attached hydrogens (primary N) is 1. The van der Waals surface area contributed by atoms with E-state index in [4.69, 9.17) is 10.5 Å². The van der Waals surface area contributed by atoms with Crippen LogP contribution >= 0.6 is 0 Å². The van der Waals surface area contributed by atoms with Crippen molar-refractivity contribution in [2.75, 3.05) is 51.7 Å². The first kappa shape index (κ1) is 31.4. The molecule has 0 atom stereocenters. The van der Waals surface area contributed by atoms with E-state index in [0.29, 0.717) is 38.4 Å². The predicted octanol–water partition coefficient (Wildman–Crippen LogP) is 3.25. The highest BCUT2D eigenvalue weighted by Crippen LogP contribution is 2.44. The van der Waals surface area contributed by atoms with Crippen molar-refractivity contribution in [1.29, 1.82) is 0 Å². The zero-order valence-corrected chi connectivity index (χ0v) is 25.8. The molecule has 1 aromatic heterocycles. The second kappa shape index (κ2) is 12.3. The van der Waals surface area contributed by atoms with Gasteiger partial charge in [-0.1, -0.05) is 30.3 Å². The lowest BCUT2D eigenvalue weighted by Crippen LogP contribution is -2.57. The first-order valence-corrected chi connectivity index (χ1v) is 14.6. The summed E-state index contributed by atoms with van der Waals surface area (Å²) in [6.07, 6.45) is 5.88. The van der Waals surface area contributed by atoms with Crippen molar-refractivity contribution in [3.8, 4) is 0 Å². The molecular weight excluding hydrogens is 534 g/mol. The zero-order valence-electron chi connectivity index (χ0n) is 25.8. The van der Waals surface area contributed by atoms with Gasteiger partial charge in [0.2, 0.25) is 11.7 Å². The van der Waals surface area contributed by atoms with Gasteiger partial charge < -0.3 is 25.2 Å². The lowest BCUT2D eigenvalue weighted by molar-refractivity contribution is -0.116. The second-order valence-electron chi connectivity index (χ2n) is 12.8. The van der Waals surface area contributed by atoms with Crippen LogP contribution < -0.4 is 10.6 Å². The first-order chi connectivity index (χ1) is 19.7. The van der Waals surface area contributed by atoms with E-state index in [1.807, 2.05) is 26.8 Å². The summed E-state index contributed by atoms with van der Waals surface area (Å²) in [5.74, 6) is -0.428.